The van der Waals surface area contributed by atoms with Gasteiger partial charge >= 0.3 is 12.1 Å². The van der Waals surface area contributed by atoms with E-state index in [-0.39, 0.29) is 12.1 Å². The fraction of sp³-hybridized carbons (Fsp3) is 0.417. The molecule has 0 fully saturated rings. The summed E-state index contributed by atoms with van der Waals surface area (Å²) in [6.45, 7) is 4.91. The minimum Gasteiger partial charge on any atom is -0.476 e. The molecule has 0 aliphatic rings. The largest absolute Gasteiger partial charge is 0.476 e. The van der Waals surface area contributed by atoms with Crippen molar-refractivity contribution in [3.8, 4) is 0 Å². The van der Waals surface area contributed by atoms with Crippen LogP contribution in [0.1, 0.15) is 36.8 Å². The molecule has 0 aliphatic heterocycles. The number of carbonyl (C=O) groups is 2. The van der Waals surface area contributed by atoms with Crippen molar-refractivity contribution in [2.24, 2.45) is 0 Å². The van der Waals surface area contributed by atoms with Gasteiger partial charge in [0.2, 0.25) is 0 Å². The van der Waals surface area contributed by atoms with Gasteiger partial charge in [-0.3, -0.25) is 0 Å². The Morgan fingerprint density at radius 3 is 2.63 bits per heavy atom. The number of carboxylic acids is 1. The van der Waals surface area contributed by atoms with E-state index in [0.717, 1.165) is 0 Å². The molecule has 0 saturated heterocycles. The molecule has 0 atom stereocenters. The van der Waals surface area contributed by atoms with Crippen LogP contribution in [0.5, 0.6) is 0 Å². The Morgan fingerprint density at radius 1 is 1.47 bits per heavy atom. The Labute approximate surface area is 109 Å². The second kappa shape index (κ2) is 5.64. The van der Waals surface area contributed by atoms with Gasteiger partial charge in [0, 0.05) is 18.3 Å². The molecule has 0 bridgehead atoms. The number of carboxylic acid groups (broad SMARTS) is 1. The van der Waals surface area contributed by atoms with E-state index in [1.54, 1.807) is 20.8 Å². The number of halogens is 1. The third kappa shape index (κ3) is 4.53. The molecule has 1 aromatic heterocycles. The molecular formula is C12H15FN2O4. The summed E-state index contributed by atoms with van der Waals surface area (Å²) in [5.41, 5.74) is -1.31. The first-order chi connectivity index (χ1) is 8.70. The molecule has 0 aliphatic carbocycles. The molecule has 19 heavy (non-hydrogen) atoms. The van der Waals surface area contributed by atoms with E-state index in [2.05, 4.69) is 10.3 Å². The molecule has 1 amide bonds. The number of nitrogens with zero attached hydrogens (tertiary/aromatic N) is 1. The molecule has 7 heteroatoms. The summed E-state index contributed by atoms with van der Waals surface area (Å²) in [5, 5.41) is 11.0. The van der Waals surface area contributed by atoms with Crippen LogP contribution in [0.15, 0.2) is 12.3 Å². The van der Waals surface area contributed by atoms with Gasteiger partial charge in [-0.25, -0.2) is 19.0 Å². The molecule has 0 aromatic carbocycles. The smallest absolute Gasteiger partial charge is 0.407 e. The van der Waals surface area contributed by atoms with Crippen LogP contribution in [0.4, 0.5) is 9.18 Å². The third-order valence-electron chi connectivity index (χ3n) is 1.99. The van der Waals surface area contributed by atoms with Gasteiger partial charge < -0.3 is 15.2 Å². The van der Waals surface area contributed by atoms with Crippen molar-refractivity contribution in [2.45, 2.75) is 32.9 Å². The number of amides is 1. The molecule has 1 rings (SSSR count). The standard InChI is InChI=1S/C12H15FN2O4/c1-12(2,3)19-11(18)15-6-7-4-5-14-9(8(7)13)10(16)17/h4-5H,6H2,1-3H3,(H,15,18)(H,16,17). The van der Waals surface area contributed by atoms with Gasteiger partial charge in [-0.05, 0) is 26.8 Å². The number of aromatic carboxylic acids is 1. The van der Waals surface area contributed by atoms with E-state index >= 15 is 0 Å². The lowest BCUT2D eigenvalue weighted by Gasteiger charge is -2.19. The van der Waals surface area contributed by atoms with Crippen molar-refractivity contribution in [2.75, 3.05) is 0 Å². The van der Waals surface area contributed by atoms with E-state index in [9.17, 15) is 14.0 Å². The van der Waals surface area contributed by atoms with Crippen LogP contribution in [0, 0.1) is 5.82 Å². The van der Waals surface area contributed by atoms with Crippen LogP contribution in [0.3, 0.4) is 0 Å². The lowest BCUT2D eigenvalue weighted by atomic mass is 10.2. The number of pyridine rings is 1. The first-order valence-electron chi connectivity index (χ1n) is 5.54. The van der Waals surface area contributed by atoms with Crippen molar-refractivity contribution < 1.29 is 23.8 Å². The quantitative estimate of drug-likeness (QED) is 0.876. The molecule has 104 valence electrons. The minimum absolute atomic E-state index is 0.0262. The number of aromatic nitrogens is 1. The summed E-state index contributed by atoms with van der Waals surface area (Å²) >= 11 is 0. The topological polar surface area (TPSA) is 88.5 Å². The minimum atomic E-state index is -1.46. The summed E-state index contributed by atoms with van der Waals surface area (Å²) in [4.78, 5) is 25.5. The van der Waals surface area contributed by atoms with Crippen LogP contribution in [-0.2, 0) is 11.3 Å². The second-order valence-electron chi connectivity index (χ2n) is 4.79. The Hall–Kier alpha value is -2.18. The van der Waals surface area contributed by atoms with Gasteiger partial charge in [0.25, 0.3) is 0 Å². The Morgan fingerprint density at radius 2 is 2.11 bits per heavy atom. The fourth-order valence-electron chi connectivity index (χ4n) is 1.25. The highest BCUT2D eigenvalue weighted by Crippen LogP contribution is 2.11. The van der Waals surface area contributed by atoms with Crippen LogP contribution in [0.25, 0.3) is 0 Å². The van der Waals surface area contributed by atoms with E-state index in [0.29, 0.717) is 0 Å². The number of hydrogen-bond acceptors (Lipinski definition) is 4. The van der Waals surface area contributed by atoms with Crippen LogP contribution < -0.4 is 5.32 Å². The first-order valence-corrected chi connectivity index (χ1v) is 5.54. The van der Waals surface area contributed by atoms with Crippen molar-refractivity contribution >= 4 is 12.1 Å². The Bertz CT molecular complexity index is 497. The maximum absolute atomic E-state index is 13.7. The van der Waals surface area contributed by atoms with Crippen LogP contribution in [-0.4, -0.2) is 27.8 Å². The maximum atomic E-state index is 13.7. The van der Waals surface area contributed by atoms with Crippen molar-refractivity contribution in [1.29, 1.82) is 0 Å². The zero-order chi connectivity index (χ0) is 14.6. The molecule has 1 aromatic rings. The number of hydrogen-bond donors (Lipinski definition) is 2. The van der Waals surface area contributed by atoms with Crippen molar-refractivity contribution in [3.05, 3.63) is 29.3 Å². The van der Waals surface area contributed by atoms with E-state index in [1.807, 2.05) is 0 Å². The van der Waals surface area contributed by atoms with Gasteiger partial charge in [-0.1, -0.05) is 0 Å². The molecule has 2 N–H and O–H groups in total. The molecule has 6 nitrogen and oxygen atoms in total. The molecule has 0 unspecified atom stereocenters. The molecular weight excluding hydrogens is 255 g/mol. The Balaban J connectivity index is 2.71. The highest BCUT2D eigenvalue weighted by molar-refractivity contribution is 5.85. The predicted octanol–water partition coefficient (Wildman–Crippen LogP) is 1.94. The SMILES string of the molecule is CC(C)(C)OC(=O)NCc1ccnc(C(=O)O)c1F. The average molecular weight is 270 g/mol. The fourth-order valence-corrected chi connectivity index (χ4v) is 1.25. The number of ether oxygens (including phenoxy) is 1. The van der Waals surface area contributed by atoms with E-state index in [4.69, 9.17) is 9.84 Å². The maximum Gasteiger partial charge on any atom is 0.407 e. The van der Waals surface area contributed by atoms with E-state index < -0.39 is 29.2 Å². The molecule has 0 saturated carbocycles. The number of nitrogens with one attached hydrogen (secondary N) is 1. The summed E-state index contributed by atoms with van der Waals surface area (Å²) < 4.78 is 18.6. The third-order valence-corrected chi connectivity index (χ3v) is 1.99. The zero-order valence-electron chi connectivity index (χ0n) is 10.9. The molecule has 0 spiro atoms. The zero-order valence-corrected chi connectivity index (χ0v) is 10.9. The monoisotopic (exact) mass is 270 g/mol. The number of rotatable bonds is 3. The number of alkyl carbamates (subject to hydrolysis) is 1. The van der Waals surface area contributed by atoms with Crippen LogP contribution >= 0.6 is 0 Å². The van der Waals surface area contributed by atoms with Gasteiger partial charge in [0.05, 0.1) is 0 Å². The normalized spacial score (nSPS) is 10.9. The Kier molecular flexibility index (Phi) is 4.42. The summed E-state index contributed by atoms with van der Waals surface area (Å²) in [6, 6.07) is 1.29. The van der Waals surface area contributed by atoms with Crippen LogP contribution in [0.2, 0.25) is 0 Å². The molecule has 1 heterocycles. The second-order valence-corrected chi connectivity index (χ2v) is 4.79. The number of carbonyl (C=O) groups excluding carboxylic acids is 1. The van der Waals surface area contributed by atoms with Gasteiger partial charge in [-0.2, -0.15) is 0 Å². The van der Waals surface area contributed by atoms with Crippen molar-refractivity contribution in [3.63, 3.8) is 0 Å². The summed E-state index contributed by atoms with van der Waals surface area (Å²) in [5.74, 6) is -2.43. The predicted molar refractivity (Wildman–Crippen MR) is 64.2 cm³/mol. The average Bonchev–Trinajstić information content (AvgIpc) is 2.24. The van der Waals surface area contributed by atoms with Crippen molar-refractivity contribution in [1.82, 2.24) is 10.3 Å². The summed E-state index contributed by atoms with van der Waals surface area (Å²) in [6.07, 6.45) is 0.458. The lowest BCUT2D eigenvalue weighted by molar-refractivity contribution is 0.0523. The molecule has 0 radical (unpaired) electrons. The van der Waals surface area contributed by atoms with Gasteiger partial charge in [0.15, 0.2) is 11.5 Å². The highest BCUT2D eigenvalue weighted by Gasteiger charge is 2.18. The highest BCUT2D eigenvalue weighted by atomic mass is 19.1. The summed E-state index contributed by atoms with van der Waals surface area (Å²) in [7, 11) is 0. The lowest BCUT2D eigenvalue weighted by Crippen LogP contribution is -2.32. The van der Waals surface area contributed by atoms with Gasteiger partial charge in [-0.15, -0.1) is 0 Å². The first kappa shape index (κ1) is 14.9. The van der Waals surface area contributed by atoms with Gasteiger partial charge in [0.1, 0.15) is 5.60 Å². The van der Waals surface area contributed by atoms with E-state index in [1.165, 1.54) is 12.3 Å².